The molecule has 1 fully saturated rings. The lowest BCUT2D eigenvalue weighted by atomic mass is 10.0. The van der Waals surface area contributed by atoms with Gasteiger partial charge < -0.3 is 20.3 Å². The molecule has 5 nitrogen and oxygen atoms in total. The predicted octanol–water partition coefficient (Wildman–Crippen LogP) is 2.17. The van der Waals surface area contributed by atoms with Crippen molar-refractivity contribution in [1.29, 1.82) is 0 Å². The van der Waals surface area contributed by atoms with Crippen LogP contribution in [-0.2, 0) is 11.3 Å². The van der Waals surface area contributed by atoms with Gasteiger partial charge in [0.1, 0.15) is 6.29 Å². The van der Waals surface area contributed by atoms with Crippen LogP contribution < -0.4 is 10.6 Å². The number of anilines is 1. The van der Waals surface area contributed by atoms with Crippen molar-refractivity contribution in [2.24, 2.45) is 0 Å². The second-order valence-corrected chi connectivity index (χ2v) is 6.53. The normalized spacial score (nSPS) is 19.5. The molecule has 2 N–H and O–H groups in total. The van der Waals surface area contributed by atoms with Crippen molar-refractivity contribution in [3.8, 4) is 0 Å². The largest absolute Gasteiger partial charge is 0.382 e. The molecule has 1 aromatic rings. The van der Waals surface area contributed by atoms with Crippen LogP contribution in [0.15, 0.2) is 18.2 Å². The summed E-state index contributed by atoms with van der Waals surface area (Å²) >= 11 is 0. The third-order valence-electron chi connectivity index (χ3n) is 4.93. The van der Waals surface area contributed by atoms with Gasteiger partial charge >= 0.3 is 0 Å². The van der Waals surface area contributed by atoms with E-state index in [0.29, 0.717) is 19.0 Å². The second-order valence-electron chi connectivity index (χ2n) is 6.53. The van der Waals surface area contributed by atoms with Crippen LogP contribution in [0.1, 0.15) is 48.5 Å². The molecule has 0 spiro atoms. The molecule has 0 saturated carbocycles. The molecule has 0 radical (unpaired) electrons. The van der Waals surface area contributed by atoms with Crippen molar-refractivity contribution in [3.05, 3.63) is 29.3 Å². The topological polar surface area (TPSA) is 61.4 Å². The van der Waals surface area contributed by atoms with E-state index in [4.69, 9.17) is 0 Å². The third kappa shape index (κ3) is 3.39. The van der Waals surface area contributed by atoms with Gasteiger partial charge in [-0.3, -0.25) is 4.79 Å². The van der Waals surface area contributed by atoms with E-state index in [9.17, 15) is 9.59 Å². The number of piperidine rings is 1. The molecule has 124 valence electrons. The van der Waals surface area contributed by atoms with Crippen molar-refractivity contribution in [2.45, 2.75) is 51.2 Å². The van der Waals surface area contributed by atoms with Crippen molar-refractivity contribution < 1.29 is 9.59 Å². The van der Waals surface area contributed by atoms with E-state index >= 15 is 0 Å². The van der Waals surface area contributed by atoms with Gasteiger partial charge in [-0.1, -0.05) is 6.07 Å². The van der Waals surface area contributed by atoms with E-state index in [1.165, 1.54) is 0 Å². The monoisotopic (exact) mass is 315 g/mol. The second kappa shape index (κ2) is 7.13. The maximum atomic E-state index is 12.6. The molecule has 0 aliphatic carbocycles. The van der Waals surface area contributed by atoms with Gasteiger partial charge in [-0.2, -0.15) is 0 Å². The molecule has 2 heterocycles. The SMILES string of the molecule is CC(CCC=O)N1Cc2c(NC3CCNCC3)cccc2C1=O. The summed E-state index contributed by atoms with van der Waals surface area (Å²) in [7, 11) is 0. The zero-order valence-electron chi connectivity index (χ0n) is 13.7. The van der Waals surface area contributed by atoms with Gasteiger partial charge in [0.05, 0.1) is 0 Å². The summed E-state index contributed by atoms with van der Waals surface area (Å²) < 4.78 is 0. The van der Waals surface area contributed by atoms with Gasteiger partial charge in [0.2, 0.25) is 0 Å². The molecule has 1 amide bonds. The third-order valence-corrected chi connectivity index (χ3v) is 4.93. The standard InChI is InChI=1S/C18H25N3O2/c1-13(4-3-11-22)21-12-16-15(18(21)23)5-2-6-17(16)20-14-7-9-19-10-8-14/h2,5-6,11,13-14,19-20H,3-4,7-10,12H2,1H3. The van der Waals surface area contributed by atoms with E-state index in [1.54, 1.807) is 0 Å². The summed E-state index contributed by atoms with van der Waals surface area (Å²) in [5.41, 5.74) is 3.00. The summed E-state index contributed by atoms with van der Waals surface area (Å²) in [5, 5.41) is 7.00. The summed E-state index contributed by atoms with van der Waals surface area (Å²) in [6.45, 7) is 4.75. The highest BCUT2D eigenvalue weighted by Gasteiger charge is 2.32. The van der Waals surface area contributed by atoms with Crippen LogP contribution in [0, 0.1) is 0 Å². The highest BCUT2D eigenvalue weighted by Crippen LogP contribution is 2.32. The van der Waals surface area contributed by atoms with Crippen LogP contribution in [0.5, 0.6) is 0 Å². The van der Waals surface area contributed by atoms with Crippen LogP contribution in [0.3, 0.4) is 0 Å². The Hall–Kier alpha value is -1.88. The van der Waals surface area contributed by atoms with Crippen LogP contribution >= 0.6 is 0 Å². The minimum Gasteiger partial charge on any atom is -0.382 e. The number of hydrogen-bond acceptors (Lipinski definition) is 4. The average Bonchev–Trinajstić information content (AvgIpc) is 2.92. The molecule has 1 unspecified atom stereocenters. The Labute approximate surface area is 137 Å². The minimum atomic E-state index is 0.0897. The molecule has 2 aliphatic heterocycles. The number of aldehydes is 1. The highest BCUT2D eigenvalue weighted by molar-refractivity contribution is 6.00. The van der Waals surface area contributed by atoms with Gasteiger partial charge in [-0.15, -0.1) is 0 Å². The van der Waals surface area contributed by atoms with Crippen LogP contribution in [0.25, 0.3) is 0 Å². The smallest absolute Gasteiger partial charge is 0.254 e. The van der Waals surface area contributed by atoms with Crippen LogP contribution in [0.2, 0.25) is 0 Å². The van der Waals surface area contributed by atoms with Crippen molar-refractivity contribution in [1.82, 2.24) is 10.2 Å². The molecule has 5 heteroatoms. The van der Waals surface area contributed by atoms with E-state index < -0.39 is 0 Å². The summed E-state index contributed by atoms with van der Waals surface area (Å²) in [4.78, 5) is 25.1. The lowest BCUT2D eigenvalue weighted by Gasteiger charge is -2.26. The Morgan fingerprint density at radius 2 is 2.17 bits per heavy atom. The van der Waals surface area contributed by atoms with Gasteiger partial charge in [-0.05, 0) is 51.4 Å². The maximum absolute atomic E-state index is 12.6. The number of benzene rings is 1. The first-order valence-corrected chi connectivity index (χ1v) is 8.54. The Balaban J connectivity index is 1.75. The van der Waals surface area contributed by atoms with E-state index in [0.717, 1.165) is 55.5 Å². The van der Waals surface area contributed by atoms with E-state index in [2.05, 4.69) is 16.7 Å². The van der Waals surface area contributed by atoms with Gasteiger partial charge in [0.15, 0.2) is 0 Å². The quantitative estimate of drug-likeness (QED) is 0.790. The van der Waals surface area contributed by atoms with Gasteiger partial charge in [-0.25, -0.2) is 0 Å². The zero-order valence-corrected chi connectivity index (χ0v) is 13.7. The van der Waals surface area contributed by atoms with Crippen molar-refractivity contribution in [3.63, 3.8) is 0 Å². The minimum absolute atomic E-state index is 0.0897. The number of fused-ring (bicyclic) bond motifs is 1. The van der Waals surface area contributed by atoms with E-state index in [1.807, 2.05) is 24.0 Å². The maximum Gasteiger partial charge on any atom is 0.254 e. The first-order valence-electron chi connectivity index (χ1n) is 8.54. The van der Waals surface area contributed by atoms with E-state index in [-0.39, 0.29) is 11.9 Å². The number of nitrogens with one attached hydrogen (secondary N) is 2. The summed E-state index contributed by atoms with van der Waals surface area (Å²) in [6.07, 6.45) is 4.37. The number of amides is 1. The predicted molar refractivity (Wildman–Crippen MR) is 90.6 cm³/mol. The van der Waals surface area contributed by atoms with Crippen LogP contribution in [-0.4, -0.2) is 42.3 Å². The first-order chi connectivity index (χ1) is 11.2. The van der Waals surface area contributed by atoms with Crippen molar-refractivity contribution >= 4 is 17.9 Å². The molecule has 23 heavy (non-hydrogen) atoms. The summed E-state index contributed by atoms with van der Waals surface area (Å²) in [6, 6.07) is 6.51. The number of nitrogens with zero attached hydrogens (tertiary/aromatic N) is 1. The fourth-order valence-corrected chi connectivity index (χ4v) is 3.50. The number of hydrogen-bond donors (Lipinski definition) is 2. The molecule has 1 aromatic carbocycles. The molecule has 1 atom stereocenters. The van der Waals surface area contributed by atoms with Crippen molar-refractivity contribution in [2.75, 3.05) is 18.4 Å². The Kier molecular flexibility index (Phi) is 4.96. The molecular formula is C18H25N3O2. The van der Waals surface area contributed by atoms with Gasteiger partial charge in [0.25, 0.3) is 5.91 Å². The Morgan fingerprint density at radius 3 is 2.91 bits per heavy atom. The zero-order chi connectivity index (χ0) is 16.2. The molecule has 0 aromatic heterocycles. The molecule has 2 aliphatic rings. The average molecular weight is 315 g/mol. The Bertz CT molecular complexity index is 582. The number of carbonyl (C=O) groups is 2. The molecule has 0 bridgehead atoms. The first kappa shape index (κ1) is 16.0. The molecular weight excluding hydrogens is 290 g/mol. The fraction of sp³-hybridized carbons (Fsp3) is 0.556. The number of rotatable bonds is 6. The number of carbonyl (C=O) groups excluding carboxylic acids is 2. The summed E-state index contributed by atoms with van der Waals surface area (Å²) in [5.74, 6) is 0.0901. The lowest BCUT2D eigenvalue weighted by Crippen LogP contribution is -2.35. The highest BCUT2D eigenvalue weighted by atomic mass is 16.2. The van der Waals surface area contributed by atoms with Gasteiger partial charge in [0, 0.05) is 41.9 Å². The lowest BCUT2D eigenvalue weighted by molar-refractivity contribution is -0.108. The Morgan fingerprint density at radius 1 is 1.39 bits per heavy atom. The van der Waals surface area contributed by atoms with Crippen LogP contribution in [0.4, 0.5) is 5.69 Å². The fourth-order valence-electron chi connectivity index (χ4n) is 3.50. The molecule has 3 rings (SSSR count). The molecule has 1 saturated heterocycles.